The summed E-state index contributed by atoms with van der Waals surface area (Å²) in [5.41, 5.74) is 2.36. The summed E-state index contributed by atoms with van der Waals surface area (Å²) in [5.74, 6) is 0. The first-order valence-electron chi connectivity index (χ1n) is 7.45. The highest BCUT2D eigenvalue weighted by Gasteiger charge is 2.13. The Bertz CT molecular complexity index is 705. The first-order valence-corrected chi connectivity index (χ1v) is 11.2. The number of hydrogen-bond donors (Lipinski definition) is 0. The Morgan fingerprint density at radius 1 is 1.05 bits per heavy atom. The van der Waals surface area contributed by atoms with Crippen molar-refractivity contribution in [3.63, 3.8) is 0 Å². The summed E-state index contributed by atoms with van der Waals surface area (Å²) in [6, 6.07) is 11.7. The monoisotopic (exact) mass is 298 g/mol. The Balaban J connectivity index is 1.89. The van der Waals surface area contributed by atoms with E-state index in [9.17, 15) is 0 Å². The third kappa shape index (κ3) is 3.01. The first-order chi connectivity index (χ1) is 10.1. The number of aromatic nitrogens is 2. The predicted octanol–water partition coefficient (Wildman–Crippen LogP) is 4.50. The highest BCUT2D eigenvalue weighted by molar-refractivity contribution is 6.76. The zero-order chi connectivity index (χ0) is 14.9. The minimum absolute atomic E-state index is 0.597. The molecule has 0 atom stereocenters. The van der Waals surface area contributed by atoms with Crippen molar-refractivity contribution in [3.8, 4) is 0 Å². The van der Waals surface area contributed by atoms with E-state index in [1.54, 1.807) is 0 Å². The molecule has 21 heavy (non-hydrogen) atoms. The Labute approximate surface area is 126 Å². The first kappa shape index (κ1) is 14.3. The lowest BCUT2D eigenvalue weighted by molar-refractivity contribution is 0.0929. The lowest BCUT2D eigenvalue weighted by atomic mass is 10.2. The smallest absolute Gasteiger partial charge is 0.123 e. The van der Waals surface area contributed by atoms with Gasteiger partial charge in [-0.15, -0.1) is 0 Å². The van der Waals surface area contributed by atoms with Crippen LogP contribution in [0.25, 0.3) is 21.8 Å². The molecule has 1 aromatic carbocycles. The molecule has 2 aromatic heterocycles. The SMILES string of the molecule is C[Si](C)(C)CCOCn1c2ccccc2c2ccncc21. The molecule has 3 rings (SSSR count). The molecule has 3 nitrogen and oxygen atoms in total. The van der Waals surface area contributed by atoms with Crippen LogP contribution in [0, 0.1) is 0 Å². The fourth-order valence-corrected chi connectivity index (χ4v) is 3.33. The van der Waals surface area contributed by atoms with Gasteiger partial charge in [-0.2, -0.15) is 0 Å². The zero-order valence-electron chi connectivity index (χ0n) is 13.0. The van der Waals surface area contributed by atoms with Gasteiger partial charge in [-0.05, 0) is 18.2 Å². The molecule has 0 bridgehead atoms. The molecule has 2 heterocycles. The maximum Gasteiger partial charge on any atom is 0.123 e. The van der Waals surface area contributed by atoms with Crippen molar-refractivity contribution in [1.29, 1.82) is 0 Å². The second-order valence-corrected chi connectivity index (χ2v) is 12.3. The standard InChI is InChI=1S/C17H22N2OSi/c1-21(2,3)11-10-20-13-19-16-7-5-4-6-14(16)15-8-9-18-12-17(15)19/h4-9,12H,10-11,13H2,1-3H3. The summed E-state index contributed by atoms with van der Waals surface area (Å²) < 4.78 is 8.16. The average Bonchev–Trinajstić information content (AvgIpc) is 2.77. The van der Waals surface area contributed by atoms with Gasteiger partial charge in [-0.3, -0.25) is 4.98 Å². The van der Waals surface area contributed by atoms with Crippen LogP contribution >= 0.6 is 0 Å². The fourth-order valence-electron chi connectivity index (χ4n) is 2.57. The van der Waals surface area contributed by atoms with E-state index in [-0.39, 0.29) is 0 Å². The minimum atomic E-state index is -1.03. The molecule has 0 aliphatic rings. The van der Waals surface area contributed by atoms with Gasteiger partial charge in [-0.25, -0.2) is 0 Å². The molecule has 0 amide bonds. The highest BCUT2D eigenvalue weighted by atomic mass is 28.3. The summed E-state index contributed by atoms with van der Waals surface area (Å²) in [7, 11) is -1.03. The molecule has 0 aliphatic carbocycles. The molecule has 110 valence electrons. The van der Waals surface area contributed by atoms with Crippen LogP contribution in [0.2, 0.25) is 25.7 Å². The van der Waals surface area contributed by atoms with E-state index < -0.39 is 8.07 Å². The van der Waals surface area contributed by atoms with Gasteiger partial charge in [0.15, 0.2) is 0 Å². The van der Waals surface area contributed by atoms with Crippen LogP contribution in [0.1, 0.15) is 0 Å². The zero-order valence-corrected chi connectivity index (χ0v) is 14.0. The molecule has 0 radical (unpaired) electrons. The van der Waals surface area contributed by atoms with Crippen molar-refractivity contribution in [2.45, 2.75) is 32.4 Å². The van der Waals surface area contributed by atoms with Gasteiger partial charge < -0.3 is 9.30 Å². The third-order valence-corrected chi connectivity index (χ3v) is 5.50. The van der Waals surface area contributed by atoms with Gasteiger partial charge in [0.25, 0.3) is 0 Å². The van der Waals surface area contributed by atoms with Crippen LogP contribution < -0.4 is 0 Å². The van der Waals surface area contributed by atoms with E-state index in [0.717, 1.165) is 12.1 Å². The van der Waals surface area contributed by atoms with Gasteiger partial charge in [0.05, 0.1) is 17.2 Å². The number of ether oxygens (including phenoxy) is 1. The number of benzene rings is 1. The Morgan fingerprint density at radius 2 is 1.81 bits per heavy atom. The molecule has 0 saturated carbocycles. The fraction of sp³-hybridized carbons (Fsp3) is 0.353. The minimum Gasteiger partial charge on any atom is -0.361 e. The van der Waals surface area contributed by atoms with Crippen molar-refractivity contribution in [2.75, 3.05) is 6.61 Å². The molecule has 0 spiro atoms. The van der Waals surface area contributed by atoms with E-state index in [1.165, 1.54) is 22.3 Å². The number of para-hydroxylation sites is 1. The normalized spacial score (nSPS) is 12.3. The summed E-state index contributed by atoms with van der Waals surface area (Å²) in [5, 5.41) is 2.51. The van der Waals surface area contributed by atoms with Gasteiger partial charge in [0, 0.05) is 31.7 Å². The maximum absolute atomic E-state index is 5.94. The molecular formula is C17H22N2OSi. The van der Waals surface area contributed by atoms with Crippen molar-refractivity contribution >= 4 is 29.9 Å². The van der Waals surface area contributed by atoms with Crippen LogP contribution in [0.3, 0.4) is 0 Å². The predicted molar refractivity (Wildman–Crippen MR) is 91.3 cm³/mol. The lowest BCUT2D eigenvalue weighted by Gasteiger charge is -2.16. The summed E-state index contributed by atoms with van der Waals surface area (Å²) in [6.07, 6.45) is 3.78. The van der Waals surface area contributed by atoms with E-state index in [4.69, 9.17) is 4.74 Å². The molecular weight excluding hydrogens is 276 g/mol. The second-order valence-electron chi connectivity index (χ2n) is 6.69. The Morgan fingerprint density at radius 3 is 2.62 bits per heavy atom. The van der Waals surface area contributed by atoms with Crippen molar-refractivity contribution in [3.05, 3.63) is 42.7 Å². The molecule has 0 unspecified atom stereocenters. The molecule has 0 fully saturated rings. The largest absolute Gasteiger partial charge is 0.361 e. The quantitative estimate of drug-likeness (QED) is 0.512. The van der Waals surface area contributed by atoms with Crippen LogP contribution in [-0.4, -0.2) is 24.2 Å². The van der Waals surface area contributed by atoms with Gasteiger partial charge in [0.2, 0.25) is 0 Å². The van der Waals surface area contributed by atoms with Crippen LogP contribution in [0.4, 0.5) is 0 Å². The number of pyridine rings is 1. The van der Waals surface area contributed by atoms with Crippen LogP contribution in [0.15, 0.2) is 42.7 Å². The molecule has 0 saturated heterocycles. The second kappa shape index (κ2) is 5.62. The summed E-state index contributed by atoms with van der Waals surface area (Å²) in [4.78, 5) is 4.27. The van der Waals surface area contributed by atoms with E-state index in [0.29, 0.717) is 6.73 Å². The molecule has 0 aliphatic heterocycles. The maximum atomic E-state index is 5.94. The summed E-state index contributed by atoms with van der Waals surface area (Å²) >= 11 is 0. The Hall–Kier alpha value is -1.65. The third-order valence-electron chi connectivity index (χ3n) is 3.79. The van der Waals surface area contributed by atoms with E-state index in [1.807, 2.05) is 12.4 Å². The molecule has 3 aromatic rings. The van der Waals surface area contributed by atoms with Gasteiger partial charge in [0.1, 0.15) is 6.73 Å². The highest BCUT2D eigenvalue weighted by Crippen LogP contribution is 2.28. The van der Waals surface area contributed by atoms with Crippen molar-refractivity contribution < 1.29 is 4.74 Å². The Kier molecular flexibility index (Phi) is 3.82. The van der Waals surface area contributed by atoms with Gasteiger partial charge in [-0.1, -0.05) is 37.8 Å². The summed E-state index contributed by atoms with van der Waals surface area (Å²) in [6.45, 7) is 8.56. The number of fused-ring (bicyclic) bond motifs is 3. The van der Waals surface area contributed by atoms with E-state index in [2.05, 4.69) is 59.5 Å². The average molecular weight is 298 g/mol. The molecule has 4 heteroatoms. The van der Waals surface area contributed by atoms with E-state index >= 15 is 0 Å². The van der Waals surface area contributed by atoms with Crippen molar-refractivity contribution in [2.24, 2.45) is 0 Å². The van der Waals surface area contributed by atoms with Crippen molar-refractivity contribution in [1.82, 2.24) is 9.55 Å². The van der Waals surface area contributed by atoms with Crippen LogP contribution in [-0.2, 0) is 11.5 Å². The number of hydrogen-bond acceptors (Lipinski definition) is 2. The number of nitrogens with zero attached hydrogens (tertiary/aromatic N) is 2. The van der Waals surface area contributed by atoms with Gasteiger partial charge >= 0.3 is 0 Å². The lowest BCUT2D eigenvalue weighted by Crippen LogP contribution is -2.22. The number of rotatable bonds is 5. The molecule has 0 N–H and O–H groups in total. The van der Waals surface area contributed by atoms with Crippen LogP contribution in [0.5, 0.6) is 0 Å². The topological polar surface area (TPSA) is 27.1 Å².